The van der Waals surface area contributed by atoms with E-state index >= 15 is 0 Å². The smallest absolute Gasteiger partial charge is 0.385 e. The molecule has 2 heterocycles. The van der Waals surface area contributed by atoms with E-state index in [2.05, 4.69) is 16.5 Å². The summed E-state index contributed by atoms with van der Waals surface area (Å²) in [7, 11) is 0. The number of nitrogen functional groups attached to an aromatic ring is 1. The van der Waals surface area contributed by atoms with Crippen LogP contribution in [0.2, 0.25) is 0 Å². The predicted octanol–water partition coefficient (Wildman–Crippen LogP) is 4.07. The van der Waals surface area contributed by atoms with Crippen molar-refractivity contribution in [3.05, 3.63) is 36.4 Å². The molecule has 1 atom stereocenters. The molecule has 0 aliphatic heterocycles. The van der Waals surface area contributed by atoms with E-state index in [9.17, 15) is 22.7 Å². The van der Waals surface area contributed by atoms with Crippen LogP contribution in [0.1, 0.15) is 37.8 Å². The van der Waals surface area contributed by atoms with Gasteiger partial charge in [0.2, 0.25) is 0 Å². The molecule has 5 nitrogen and oxygen atoms in total. The Balaban J connectivity index is 2.57. The average Bonchev–Trinajstić information content (AvgIpc) is 2.98. The lowest BCUT2D eigenvalue weighted by Crippen LogP contribution is -2.13. The van der Waals surface area contributed by atoms with Crippen molar-refractivity contribution in [1.82, 2.24) is 14.5 Å². The van der Waals surface area contributed by atoms with E-state index in [1.807, 2.05) is 0 Å². The number of imidazole rings is 1. The Morgan fingerprint density at radius 1 is 1.38 bits per heavy atom. The number of rotatable bonds is 6. The minimum atomic E-state index is -4.66. The van der Waals surface area contributed by atoms with Crippen molar-refractivity contribution in [2.24, 2.45) is 5.92 Å². The summed E-state index contributed by atoms with van der Waals surface area (Å²) in [5.74, 6) is -0.666. The molecule has 0 radical (unpaired) electrons. The van der Waals surface area contributed by atoms with Gasteiger partial charge in [-0.15, -0.1) is 0 Å². The van der Waals surface area contributed by atoms with Gasteiger partial charge in [-0.1, -0.05) is 20.4 Å². The van der Waals surface area contributed by atoms with Crippen LogP contribution in [0.5, 0.6) is 0 Å². The van der Waals surface area contributed by atoms with Crippen molar-refractivity contribution in [1.29, 1.82) is 0 Å². The number of aliphatic hydroxyl groups excluding tert-OH is 1. The van der Waals surface area contributed by atoms with Gasteiger partial charge in [-0.25, -0.2) is 9.97 Å². The van der Waals surface area contributed by atoms with Crippen LogP contribution in [-0.4, -0.2) is 26.3 Å². The molecule has 0 aliphatic carbocycles. The highest BCUT2D eigenvalue weighted by Gasteiger charge is 2.34. The molecule has 26 heavy (non-hydrogen) atoms. The quantitative estimate of drug-likeness (QED) is 0.750. The number of nitrogens with zero attached hydrogens (tertiary/aromatic N) is 3. The zero-order chi connectivity index (χ0) is 19.6. The van der Waals surface area contributed by atoms with Crippen molar-refractivity contribution in [2.45, 2.75) is 32.5 Å². The highest BCUT2D eigenvalue weighted by molar-refractivity contribution is 5.63. The fourth-order valence-electron chi connectivity index (χ4n) is 2.37. The normalized spacial score (nSPS) is 13.2. The Labute approximate surface area is 148 Å². The Morgan fingerprint density at radius 2 is 2.04 bits per heavy atom. The van der Waals surface area contributed by atoms with Crippen LogP contribution in [-0.2, 0) is 6.18 Å². The first kappa shape index (κ1) is 19.9. The first-order valence-corrected chi connectivity index (χ1v) is 7.90. The maximum absolute atomic E-state index is 13.1. The van der Waals surface area contributed by atoms with E-state index in [-0.39, 0.29) is 29.4 Å². The van der Waals surface area contributed by atoms with Gasteiger partial charge in [-0.05, 0) is 12.0 Å². The van der Waals surface area contributed by atoms with E-state index in [4.69, 9.17) is 5.73 Å². The third-order valence-electron chi connectivity index (χ3n) is 3.87. The van der Waals surface area contributed by atoms with Crippen LogP contribution in [0.3, 0.4) is 0 Å². The van der Waals surface area contributed by atoms with Crippen LogP contribution < -0.4 is 5.73 Å². The van der Waals surface area contributed by atoms with E-state index in [0.717, 1.165) is 6.07 Å². The topological polar surface area (TPSA) is 77.0 Å². The van der Waals surface area contributed by atoms with Gasteiger partial charge in [-0.2, -0.15) is 13.2 Å². The second kappa shape index (κ2) is 7.45. The molecule has 9 heteroatoms. The average molecular weight is 372 g/mol. The molecule has 3 N–H and O–H groups in total. The van der Waals surface area contributed by atoms with Crippen LogP contribution in [0, 0.1) is 5.92 Å². The highest BCUT2D eigenvalue weighted by atomic mass is 19.4. The molecule has 0 aromatic carbocycles. The summed E-state index contributed by atoms with van der Waals surface area (Å²) < 4.78 is 53.2. The summed E-state index contributed by atoms with van der Waals surface area (Å²) in [5, 5.41) is 10.4. The lowest BCUT2D eigenvalue weighted by Gasteiger charge is -2.16. The lowest BCUT2D eigenvalue weighted by atomic mass is 10.1. The van der Waals surface area contributed by atoms with Crippen molar-refractivity contribution in [2.75, 3.05) is 12.4 Å². The fourth-order valence-corrected chi connectivity index (χ4v) is 2.37. The molecule has 2 aromatic heterocycles. The summed E-state index contributed by atoms with van der Waals surface area (Å²) in [6, 6.07) is 0.846. The fraction of sp³-hybridized carbons (Fsp3) is 0.412. The maximum atomic E-state index is 13.1. The SMILES string of the molecule is C=C(CCF)n1cc(-c2cnc(N)c(C(F)(F)F)c2)nc1[C@H](O)C(C)C. The van der Waals surface area contributed by atoms with Gasteiger partial charge in [0, 0.05) is 30.1 Å². The minimum Gasteiger partial charge on any atom is -0.385 e. The van der Waals surface area contributed by atoms with Crippen molar-refractivity contribution >= 4 is 11.5 Å². The number of alkyl halides is 4. The first-order chi connectivity index (χ1) is 12.1. The van der Waals surface area contributed by atoms with E-state index in [1.165, 1.54) is 17.0 Å². The summed E-state index contributed by atoms with van der Waals surface area (Å²) >= 11 is 0. The van der Waals surface area contributed by atoms with Crippen LogP contribution in [0.15, 0.2) is 25.0 Å². The van der Waals surface area contributed by atoms with Crippen LogP contribution in [0.4, 0.5) is 23.4 Å². The molecule has 0 bridgehead atoms. The van der Waals surface area contributed by atoms with Gasteiger partial charge in [0.15, 0.2) is 0 Å². The minimum absolute atomic E-state index is 0.00139. The molecule has 2 rings (SSSR count). The molecule has 0 spiro atoms. The number of nitrogens with two attached hydrogens (primary N) is 1. The largest absolute Gasteiger partial charge is 0.419 e. The molecular weight excluding hydrogens is 352 g/mol. The molecule has 0 fully saturated rings. The summed E-state index contributed by atoms with van der Waals surface area (Å²) in [6.45, 7) is 6.61. The number of hydrogen-bond donors (Lipinski definition) is 2. The van der Waals surface area contributed by atoms with Crippen LogP contribution >= 0.6 is 0 Å². The summed E-state index contributed by atoms with van der Waals surface area (Å²) in [4.78, 5) is 7.82. The number of aromatic nitrogens is 3. The maximum Gasteiger partial charge on any atom is 0.419 e. The zero-order valence-electron chi connectivity index (χ0n) is 14.4. The molecule has 0 amide bonds. The Morgan fingerprint density at radius 3 is 2.58 bits per heavy atom. The van der Waals surface area contributed by atoms with Gasteiger partial charge in [-0.3, -0.25) is 4.39 Å². The van der Waals surface area contributed by atoms with E-state index < -0.39 is 30.3 Å². The molecule has 0 aliphatic rings. The Kier molecular flexibility index (Phi) is 5.70. The molecule has 142 valence electrons. The molecule has 2 aromatic rings. The van der Waals surface area contributed by atoms with Gasteiger partial charge >= 0.3 is 6.18 Å². The molecule has 0 saturated carbocycles. The lowest BCUT2D eigenvalue weighted by molar-refractivity contribution is -0.137. The number of halogens is 4. The van der Waals surface area contributed by atoms with Crippen LogP contribution in [0.25, 0.3) is 17.0 Å². The van der Waals surface area contributed by atoms with Gasteiger partial charge in [0.1, 0.15) is 17.7 Å². The van der Waals surface area contributed by atoms with E-state index in [0.29, 0.717) is 5.70 Å². The molecule has 0 unspecified atom stereocenters. The summed E-state index contributed by atoms with van der Waals surface area (Å²) in [5.41, 5.74) is 4.80. The number of anilines is 1. The summed E-state index contributed by atoms with van der Waals surface area (Å²) in [6.07, 6.45) is -3.08. The van der Waals surface area contributed by atoms with Gasteiger partial charge in [0.05, 0.1) is 17.9 Å². The standard InChI is InChI=1S/C17H20F4N4O/c1-9(2)14(26)16-24-13(8-25(16)10(3)4-5-18)11-6-12(17(19,20)21)15(22)23-7-11/h6-9,14,26H,3-5H2,1-2H3,(H2,22,23)/t14-/m1/s1. The van der Waals surface area contributed by atoms with Gasteiger partial charge < -0.3 is 15.4 Å². The third-order valence-corrected chi connectivity index (χ3v) is 3.87. The Hall–Kier alpha value is -2.42. The third kappa shape index (κ3) is 4.04. The number of aliphatic hydroxyl groups is 1. The Bertz CT molecular complexity index is 799. The molecule has 0 saturated heterocycles. The number of pyridine rings is 1. The second-order valence-electron chi connectivity index (χ2n) is 6.20. The second-order valence-corrected chi connectivity index (χ2v) is 6.20. The van der Waals surface area contributed by atoms with Crippen molar-refractivity contribution in [3.63, 3.8) is 0 Å². The zero-order valence-corrected chi connectivity index (χ0v) is 14.4. The van der Waals surface area contributed by atoms with Crippen molar-refractivity contribution < 1.29 is 22.7 Å². The van der Waals surface area contributed by atoms with E-state index in [1.54, 1.807) is 13.8 Å². The number of allylic oxidation sites excluding steroid dienone is 1. The van der Waals surface area contributed by atoms with Gasteiger partial charge in [0.25, 0.3) is 0 Å². The molecular formula is C17H20F4N4O. The monoisotopic (exact) mass is 372 g/mol. The predicted molar refractivity (Wildman–Crippen MR) is 90.6 cm³/mol. The highest BCUT2D eigenvalue weighted by Crippen LogP contribution is 2.35. The number of hydrogen-bond acceptors (Lipinski definition) is 4. The first-order valence-electron chi connectivity index (χ1n) is 7.90. The van der Waals surface area contributed by atoms with Crippen molar-refractivity contribution in [3.8, 4) is 11.3 Å².